The summed E-state index contributed by atoms with van der Waals surface area (Å²) in [6.07, 6.45) is 18.4. The SMILES string of the molecule is CCCCCCCC1CCC(C2CC=C(c3ccc(-c4ccc(-c5ccc(OCC)c(F)c5F)cc4)c(F)c3F)CC2)CC1. The third-order valence-electron chi connectivity index (χ3n) is 10.0. The molecule has 0 heterocycles. The van der Waals surface area contributed by atoms with Gasteiger partial charge >= 0.3 is 0 Å². The average Bonchev–Trinajstić information content (AvgIpc) is 3.05. The van der Waals surface area contributed by atoms with E-state index in [2.05, 4.69) is 13.0 Å². The number of hydrogen-bond acceptors (Lipinski definition) is 1. The summed E-state index contributed by atoms with van der Waals surface area (Å²) >= 11 is 0. The molecule has 0 radical (unpaired) electrons. The van der Waals surface area contributed by atoms with Crippen LogP contribution in [0.2, 0.25) is 0 Å². The summed E-state index contributed by atoms with van der Waals surface area (Å²) < 4.78 is 65.0. The van der Waals surface area contributed by atoms with E-state index in [1.807, 2.05) is 0 Å². The first kappa shape index (κ1) is 32.3. The van der Waals surface area contributed by atoms with E-state index in [9.17, 15) is 8.78 Å². The summed E-state index contributed by atoms with van der Waals surface area (Å²) in [5.41, 5.74) is 2.37. The number of rotatable bonds is 12. The fourth-order valence-electron chi connectivity index (χ4n) is 7.38. The van der Waals surface area contributed by atoms with E-state index >= 15 is 8.78 Å². The van der Waals surface area contributed by atoms with Gasteiger partial charge in [-0.25, -0.2) is 13.2 Å². The molecule has 236 valence electrons. The van der Waals surface area contributed by atoms with Gasteiger partial charge in [-0.2, -0.15) is 4.39 Å². The van der Waals surface area contributed by atoms with E-state index in [1.165, 1.54) is 76.3 Å². The van der Waals surface area contributed by atoms with E-state index in [0.717, 1.165) is 36.7 Å². The summed E-state index contributed by atoms with van der Waals surface area (Å²) in [6.45, 7) is 4.19. The Hall–Kier alpha value is -3.08. The van der Waals surface area contributed by atoms with Gasteiger partial charge < -0.3 is 4.74 Å². The van der Waals surface area contributed by atoms with Crippen LogP contribution >= 0.6 is 0 Å². The first-order valence-corrected chi connectivity index (χ1v) is 16.8. The molecule has 5 rings (SSSR count). The lowest BCUT2D eigenvalue weighted by Gasteiger charge is -2.35. The number of allylic oxidation sites excluding steroid dienone is 2. The van der Waals surface area contributed by atoms with Gasteiger partial charge in [0.15, 0.2) is 23.2 Å². The van der Waals surface area contributed by atoms with Crippen molar-refractivity contribution in [2.24, 2.45) is 17.8 Å². The van der Waals surface area contributed by atoms with Gasteiger partial charge in [-0.15, -0.1) is 0 Å². The molecule has 1 saturated carbocycles. The van der Waals surface area contributed by atoms with Crippen LogP contribution in [-0.2, 0) is 0 Å². The molecule has 0 N–H and O–H groups in total. The first-order chi connectivity index (χ1) is 21.4. The summed E-state index contributed by atoms with van der Waals surface area (Å²) in [5, 5.41) is 0. The minimum Gasteiger partial charge on any atom is -0.491 e. The molecule has 0 spiro atoms. The summed E-state index contributed by atoms with van der Waals surface area (Å²) in [4.78, 5) is 0. The molecule has 1 unspecified atom stereocenters. The lowest BCUT2D eigenvalue weighted by Crippen LogP contribution is -2.23. The van der Waals surface area contributed by atoms with Gasteiger partial charge in [0.1, 0.15) is 0 Å². The van der Waals surface area contributed by atoms with Gasteiger partial charge in [0, 0.05) is 16.7 Å². The largest absolute Gasteiger partial charge is 0.491 e. The highest BCUT2D eigenvalue weighted by Gasteiger charge is 2.29. The van der Waals surface area contributed by atoms with Crippen LogP contribution in [0.25, 0.3) is 27.8 Å². The number of unbranched alkanes of at least 4 members (excludes halogenated alkanes) is 4. The van der Waals surface area contributed by atoms with Gasteiger partial charge in [-0.1, -0.05) is 101 Å². The summed E-state index contributed by atoms with van der Waals surface area (Å²) in [7, 11) is 0. The molecule has 5 heteroatoms. The lowest BCUT2D eigenvalue weighted by molar-refractivity contribution is 0.187. The van der Waals surface area contributed by atoms with Gasteiger partial charge in [0.05, 0.1) is 6.61 Å². The highest BCUT2D eigenvalue weighted by Crippen LogP contribution is 2.43. The zero-order valence-electron chi connectivity index (χ0n) is 26.2. The van der Waals surface area contributed by atoms with E-state index in [4.69, 9.17) is 4.74 Å². The molecule has 3 aromatic rings. The minimum atomic E-state index is -1.05. The van der Waals surface area contributed by atoms with Gasteiger partial charge in [0.25, 0.3) is 0 Å². The maximum Gasteiger partial charge on any atom is 0.201 e. The first-order valence-electron chi connectivity index (χ1n) is 16.8. The van der Waals surface area contributed by atoms with Crippen LogP contribution in [0.1, 0.15) is 103 Å². The Bertz CT molecular complexity index is 1420. The van der Waals surface area contributed by atoms with Gasteiger partial charge in [-0.3, -0.25) is 0 Å². The van der Waals surface area contributed by atoms with Crippen molar-refractivity contribution in [1.82, 2.24) is 0 Å². The van der Waals surface area contributed by atoms with Crippen LogP contribution in [0.15, 0.2) is 54.6 Å². The number of ether oxygens (including phenoxy) is 1. The highest BCUT2D eigenvalue weighted by molar-refractivity contribution is 5.74. The van der Waals surface area contributed by atoms with Crippen molar-refractivity contribution < 1.29 is 22.3 Å². The van der Waals surface area contributed by atoms with Crippen LogP contribution in [0.5, 0.6) is 5.75 Å². The molecule has 0 aliphatic heterocycles. The molecule has 0 amide bonds. The van der Waals surface area contributed by atoms with Crippen molar-refractivity contribution in [3.05, 3.63) is 83.4 Å². The highest BCUT2D eigenvalue weighted by atomic mass is 19.2. The summed E-state index contributed by atoms with van der Waals surface area (Å²) in [5.74, 6) is -1.61. The van der Waals surface area contributed by atoms with Crippen molar-refractivity contribution in [3.63, 3.8) is 0 Å². The zero-order chi connectivity index (χ0) is 31.1. The van der Waals surface area contributed by atoms with Crippen LogP contribution in [0.4, 0.5) is 17.6 Å². The Morgan fingerprint density at radius 1 is 0.614 bits per heavy atom. The van der Waals surface area contributed by atoms with E-state index < -0.39 is 23.3 Å². The molecular weight excluding hydrogens is 560 g/mol. The molecule has 44 heavy (non-hydrogen) atoms. The Balaban J connectivity index is 1.20. The molecule has 1 fully saturated rings. The third-order valence-corrected chi connectivity index (χ3v) is 10.0. The minimum absolute atomic E-state index is 0.0768. The normalized spacial score (nSPS) is 20.4. The number of hydrogen-bond donors (Lipinski definition) is 0. The van der Waals surface area contributed by atoms with Crippen molar-refractivity contribution in [2.45, 2.75) is 97.3 Å². The van der Waals surface area contributed by atoms with Crippen molar-refractivity contribution in [2.75, 3.05) is 6.61 Å². The molecule has 2 aliphatic carbocycles. The smallest absolute Gasteiger partial charge is 0.201 e. The van der Waals surface area contributed by atoms with E-state index in [-0.39, 0.29) is 23.5 Å². The van der Waals surface area contributed by atoms with Crippen LogP contribution in [0.3, 0.4) is 0 Å². The maximum atomic E-state index is 15.4. The van der Waals surface area contributed by atoms with Crippen molar-refractivity contribution >= 4 is 5.57 Å². The second kappa shape index (κ2) is 15.3. The zero-order valence-corrected chi connectivity index (χ0v) is 26.2. The Morgan fingerprint density at radius 3 is 1.82 bits per heavy atom. The molecule has 1 atom stereocenters. The molecule has 1 nitrogen and oxygen atoms in total. The van der Waals surface area contributed by atoms with Crippen LogP contribution < -0.4 is 4.74 Å². The predicted octanol–water partition coefficient (Wildman–Crippen LogP) is 12.3. The predicted molar refractivity (Wildman–Crippen MR) is 172 cm³/mol. The topological polar surface area (TPSA) is 9.23 Å². The standard InChI is InChI=1S/C39H46F4O/c1-3-5-6-7-8-9-26-10-12-27(13-11-26)28-14-16-29(17-15-28)32-22-23-33(37(41)36(32)40)30-18-20-31(21-19-30)34-24-25-35(44-4-2)39(43)38(34)42/h16,18-28H,3-15,17H2,1-2H3. The molecule has 2 aliphatic rings. The number of halogens is 4. The van der Waals surface area contributed by atoms with Crippen molar-refractivity contribution in [1.29, 1.82) is 0 Å². The lowest BCUT2D eigenvalue weighted by atomic mass is 9.70. The second-order valence-electron chi connectivity index (χ2n) is 12.8. The van der Waals surface area contributed by atoms with Gasteiger partial charge in [0.2, 0.25) is 5.82 Å². The second-order valence-corrected chi connectivity index (χ2v) is 12.8. The van der Waals surface area contributed by atoms with E-state index in [1.54, 1.807) is 43.3 Å². The molecule has 0 saturated heterocycles. The summed E-state index contributed by atoms with van der Waals surface area (Å²) in [6, 6.07) is 12.5. The Labute approximate surface area is 260 Å². The van der Waals surface area contributed by atoms with Crippen LogP contribution in [-0.4, -0.2) is 6.61 Å². The molecule has 0 aromatic heterocycles. The average molecular weight is 607 g/mol. The van der Waals surface area contributed by atoms with E-state index in [0.29, 0.717) is 22.6 Å². The van der Waals surface area contributed by atoms with Crippen LogP contribution in [0, 0.1) is 41.0 Å². The fraction of sp³-hybridized carbons (Fsp3) is 0.487. The molecular formula is C39H46F4O. The third kappa shape index (κ3) is 7.41. The van der Waals surface area contributed by atoms with Gasteiger partial charge in [-0.05, 0) is 85.6 Å². The monoisotopic (exact) mass is 606 g/mol. The fourth-order valence-corrected chi connectivity index (χ4v) is 7.38. The number of benzene rings is 3. The Morgan fingerprint density at radius 2 is 1.20 bits per heavy atom. The van der Waals surface area contributed by atoms with Crippen molar-refractivity contribution in [3.8, 4) is 28.0 Å². The maximum absolute atomic E-state index is 15.4. The quantitative estimate of drug-likeness (QED) is 0.147. The molecule has 0 bridgehead atoms. The Kier molecular flexibility index (Phi) is 11.2. The molecule has 3 aromatic carbocycles.